The highest BCUT2D eigenvalue weighted by molar-refractivity contribution is 6.03. The average molecular weight is 437 g/mol. The lowest BCUT2D eigenvalue weighted by molar-refractivity contribution is -0.138. The van der Waals surface area contributed by atoms with Gasteiger partial charge >= 0.3 is 5.97 Å². The fourth-order valence-electron chi connectivity index (χ4n) is 4.05. The van der Waals surface area contributed by atoms with Crippen molar-refractivity contribution in [2.75, 3.05) is 11.6 Å². The molecule has 5 rings (SSSR count). The van der Waals surface area contributed by atoms with E-state index in [0.29, 0.717) is 12.2 Å². The number of para-hydroxylation sites is 2. The molecule has 0 fully saturated rings. The summed E-state index contributed by atoms with van der Waals surface area (Å²) in [4.78, 5) is 13.3. The smallest absolute Gasteiger partial charge is 0.338 e. The maximum Gasteiger partial charge on any atom is 0.338 e. The SMILES string of the molecule is CCOC(=O)C1=C(c2ccccc2)N(c2ccccc2)NC1c1cnn(-c2ccccc2)c1. The summed E-state index contributed by atoms with van der Waals surface area (Å²) in [6.07, 6.45) is 3.74. The zero-order chi connectivity index (χ0) is 22.6. The maximum atomic E-state index is 13.3. The molecule has 1 N–H and O–H groups in total. The molecule has 1 atom stereocenters. The Bertz CT molecular complexity index is 1270. The Balaban J connectivity index is 1.65. The van der Waals surface area contributed by atoms with Crippen molar-refractivity contribution in [1.29, 1.82) is 0 Å². The van der Waals surface area contributed by atoms with Gasteiger partial charge in [0.1, 0.15) is 0 Å². The Morgan fingerprint density at radius 1 is 0.909 bits per heavy atom. The third-order valence-electron chi connectivity index (χ3n) is 5.54. The van der Waals surface area contributed by atoms with Gasteiger partial charge < -0.3 is 4.74 Å². The highest BCUT2D eigenvalue weighted by atomic mass is 16.5. The van der Waals surface area contributed by atoms with Crippen molar-refractivity contribution in [3.63, 3.8) is 0 Å². The molecule has 164 valence electrons. The van der Waals surface area contributed by atoms with Crippen LogP contribution in [0.3, 0.4) is 0 Å². The third kappa shape index (κ3) is 4.04. The van der Waals surface area contributed by atoms with E-state index in [2.05, 4.69) is 10.5 Å². The highest BCUT2D eigenvalue weighted by Gasteiger charge is 2.39. The van der Waals surface area contributed by atoms with E-state index in [-0.39, 0.29) is 5.97 Å². The van der Waals surface area contributed by atoms with Gasteiger partial charge in [0.05, 0.1) is 41.5 Å². The second-order valence-corrected chi connectivity index (χ2v) is 7.64. The van der Waals surface area contributed by atoms with Crippen molar-refractivity contribution < 1.29 is 9.53 Å². The average Bonchev–Trinajstić information content (AvgIpc) is 3.51. The second-order valence-electron chi connectivity index (χ2n) is 7.64. The molecular weight excluding hydrogens is 412 g/mol. The summed E-state index contributed by atoms with van der Waals surface area (Å²) in [5.41, 5.74) is 8.53. The normalized spacial score (nSPS) is 15.7. The van der Waals surface area contributed by atoms with Crippen molar-refractivity contribution in [1.82, 2.24) is 15.2 Å². The first-order valence-electron chi connectivity index (χ1n) is 10.9. The minimum atomic E-state index is -0.420. The van der Waals surface area contributed by atoms with Crippen LogP contribution < -0.4 is 10.4 Å². The molecule has 1 aliphatic heterocycles. The van der Waals surface area contributed by atoms with Crippen LogP contribution >= 0.6 is 0 Å². The number of rotatable bonds is 6. The van der Waals surface area contributed by atoms with E-state index in [1.807, 2.05) is 114 Å². The van der Waals surface area contributed by atoms with E-state index in [0.717, 1.165) is 28.2 Å². The van der Waals surface area contributed by atoms with Crippen LogP contribution in [0.25, 0.3) is 11.4 Å². The van der Waals surface area contributed by atoms with E-state index in [1.54, 1.807) is 6.20 Å². The molecule has 6 heteroatoms. The zero-order valence-electron chi connectivity index (χ0n) is 18.3. The number of hydrazine groups is 1. The van der Waals surface area contributed by atoms with E-state index in [4.69, 9.17) is 4.74 Å². The number of carbonyl (C=O) groups is 1. The number of carbonyl (C=O) groups excluding carboxylic acids is 1. The van der Waals surface area contributed by atoms with Gasteiger partial charge in [-0.1, -0.05) is 66.7 Å². The van der Waals surface area contributed by atoms with Gasteiger partial charge in [0.2, 0.25) is 0 Å². The van der Waals surface area contributed by atoms with Gasteiger partial charge in [-0.25, -0.2) is 14.9 Å². The Hall–Kier alpha value is -4.16. The number of nitrogens with zero attached hydrogens (tertiary/aromatic N) is 3. The Morgan fingerprint density at radius 2 is 1.52 bits per heavy atom. The molecule has 3 aromatic carbocycles. The zero-order valence-corrected chi connectivity index (χ0v) is 18.3. The first-order valence-corrected chi connectivity index (χ1v) is 10.9. The largest absolute Gasteiger partial charge is 0.463 e. The van der Waals surface area contributed by atoms with Crippen LogP contribution in [0.15, 0.2) is 109 Å². The lowest BCUT2D eigenvalue weighted by Crippen LogP contribution is -2.33. The molecular formula is C27H24N4O2. The predicted molar refractivity (Wildman–Crippen MR) is 128 cm³/mol. The summed E-state index contributed by atoms with van der Waals surface area (Å²) in [6.45, 7) is 2.12. The van der Waals surface area contributed by atoms with Gasteiger partial charge in [-0.05, 0) is 31.2 Å². The number of hydrogen-bond donors (Lipinski definition) is 1. The molecule has 0 spiro atoms. The van der Waals surface area contributed by atoms with Crippen LogP contribution in [0, 0.1) is 0 Å². The number of aromatic nitrogens is 2. The lowest BCUT2D eigenvalue weighted by Gasteiger charge is -2.23. The van der Waals surface area contributed by atoms with E-state index < -0.39 is 6.04 Å². The Morgan fingerprint density at radius 3 is 2.15 bits per heavy atom. The fourth-order valence-corrected chi connectivity index (χ4v) is 4.05. The van der Waals surface area contributed by atoms with Gasteiger partial charge in [0.25, 0.3) is 0 Å². The lowest BCUT2D eigenvalue weighted by atomic mass is 9.98. The van der Waals surface area contributed by atoms with Gasteiger partial charge in [-0.2, -0.15) is 5.10 Å². The van der Waals surface area contributed by atoms with Crippen molar-refractivity contribution in [2.24, 2.45) is 0 Å². The molecule has 2 heterocycles. The summed E-state index contributed by atoms with van der Waals surface area (Å²) >= 11 is 0. The topological polar surface area (TPSA) is 59.4 Å². The van der Waals surface area contributed by atoms with Crippen molar-refractivity contribution in [3.05, 3.63) is 120 Å². The molecule has 4 aromatic rings. The number of benzene rings is 3. The van der Waals surface area contributed by atoms with Crippen LogP contribution in [0.4, 0.5) is 5.69 Å². The molecule has 1 unspecified atom stereocenters. The van der Waals surface area contributed by atoms with Crippen LogP contribution in [0.5, 0.6) is 0 Å². The highest BCUT2D eigenvalue weighted by Crippen LogP contribution is 2.40. The quantitative estimate of drug-likeness (QED) is 0.435. The van der Waals surface area contributed by atoms with Crippen LogP contribution in [0.1, 0.15) is 24.1 Å². The van der Waals surface area contributed by atoms with Crippen LogP contribution in [0.2, 0.25) is 0 Å². The van der Waals surface area contributed by atoms with Crippen molar-refractivity contribution >= 4 is 17.4 Å². The van der Waals surface area contributed by atoms with E-state index >= 15 is 0 Å². The summed E-state index contributed by atoms with van der Waals surface area (Å²) in [7, 11) is 0. The van der Waals surface area contributed by atoms with Crippen molar-refractivity contribution in [2.45, 2.75) is 13.0 Å². The minimum absolute atomic E-state index is 0.297. The number of hydrogen-bond acceptors (Lipinski definition) is 5. The third-order valence-corrected chi connectivity index (χ3v) is 5.54. The Kier molecular flexibility index (Phi) is 5.74. The number of anilines is 1. The van der Waals surface area contributed by atoms with Gasteiger partial charge in [-0.3, -0.25) is 5.01 Å². The molecule has 0 bridgehead atoms. The molecule has 0 aliphatic carbocycles. The first kappa shape index (κ1) is 20.7. The van der Waals surface area contributed by atoms with Crippen LogP contribution in [-0.2, 0) is 9.53 Å². The Labute approximate surface area is 192 Å². The van der Waals surface area contributed by atoms with E-state index in [9.17, 15) is 4.79 Å². The number of esters is 1. The van der Waals surface area contributed by atoms with Gasteiger partial charge in [-0.15, -0.1) is 0 Å². The molecule has 0 radical (unpaired) electrons. The molecule has 0 saturated heterocycles. The van der Waals surface area contributed by atoms with E-state index in [1.165, 1.54) is 0 Å². The second kappa shape index (κ2) is 9.14. The summed E-state index contributed by atoms with van der Waals surface area (Å²) in [5, 5.41) is 6.51. The number of ether oxygens (including phenoxy) is 1. The first-order chi connectivity index (χ1) is 16.3. The minimum Gasteiger partial charge on any atom is -0.463 e. The molecule has 33 heavy (non-hydrogen) atoms. The van der Waals surface area contributed by atoms with Crippen molar-refractivity contribution in [3.8, 4) is 5.69 Å². The molecule has 1 aromatic heterocycles. The predicted octanol–water partition coefficient (Wildman–Crippen LogP) is 4.91. The summed E-state index contributed by atoms with van der Waals surface area (Å²) in [5.74, 6) is -0.347. The van der Waals surface area contributed by atoms with Crippen LogP contribution in [-0.4, -0.2) is 22.4 Å². The fraction of sp³-hybridized carbons (Fsp3) is 0.111. The molecule has 6 nitrogen and oxygen atoms in total. The molecule has 1 aliphatic rings. The summed E-state index contributed by atoms with van der Waals surface area (Å²) < 4.78 is 7.33. The summed E-state index contributed by atoms with van der Waals surface area (Å²) in [6, 6.07) is 29.3. The van der Waals surface area contributed by atoms with Gasteiger partial charge in [0.15, 0.2) is 0 Å². The van der Waals surface area contributed by atoms with Gasteiger partial charge in [0, 0.05) is 17.3 Å². The standard InChI is InChI=1S/C27H24N4O2/c1-2-33-27(32)24-25(21-18-28-30(19-21)22-14-8-4-9-15-22)29-31(23-16-10-5-11-17-23)26(24)20-12-6-3-7-13-20/h3-19,25,29H,2H2,1H3. The molecule has 0 saturated carbocycles. The maximum absolute atomic E-state index is 13.3. The monoisotopic (exact) mass is 436 g/mol. The number of nitrogens with one attached hydrogen (secondary N) is 1. The molecule has 0 amide bonds.